The van der Waals surface area contributed by atoms with Crippen molar-refractivity contribution in [1.82, 2.24) is 5.32 Å². The molecular weight excluding hydrogens is 432 g/mol. The highest BCUT2D eigenvalue weighted by Gasteiger charge is 2.53. The molecule has 1 heterocycles. The van der Waals surface area contributed by atoms with E-state index < -0.39 is 11.9 Å². The second-order valence-electron chi connectivity index (χ2n) is 11.0. The molecule has 7 heteroatoms. The summed E-state index contributed by atoms with van der Waals surface area (Å²) < 4.78 is 11.0. The van der Waals surface area contributed by atoms with Gasteiger partial charge in [0.05, 0.1) is 18.2 Å². The van der Waals surface area contributed by atoms with Gasteiger partial charge < -0.3 is 19.7 Å². The Hall–Kier alpha value is -2.57. The topological polar surface area (TPSA) is 84.9 Å². The first kappa shape index (κ1) is 23.2. The number of rotatable bonds is 8. The van der Waals surface area contributed by atoms with Gasteiger partial charge in [0, 0.05) is 19.0 Å². The average Bonchev–Trinajstić information content (AvgIpc) is 3.18. The maximum atomic E-state index is 12.7. The summed E-state index contributed by atoms with van der Waals surface area (Å²) in [6, 6.07) is 7.41. The lowest BCUT2D eigenvalue weighted by Crippen LogP contribution is -2.56. The summed E-state index contributed by atoms with van der Waals surface area (Å²) in [4.78, 5) is 39.5. The molecule has 7 nitrogen and oxygen atoms in total. The summed E-state index contributed by atoms with van der Waals surface area (Å²) in [5.74, 6) is 1.59. The fourth-order valence-electron chi connectivity index (χ4n) is 7.45. The first-order valence-electron chi connectivity index (χ1n) is 12.8. The van der Waals surface area contributed by atoms with Gasteiger partial charge >= 0.3 is 5.97 Å². The van der Waals surface area contributed by atoms with Crippen molar-refractivity contribution in [3.05, 3.63) is 24.3 Å². The molecule has 0 radical (unpaired) electrons. The highest BCUT2D eigenvalue weighted by molar-refractivity contribution is 6.00. The van der Waals surface area contributed by atoms with Crippen molar-refractivity contribution in [2.75, 3.05) is 24.7 Å². The Balaban J connectivity index is 1.13. The Morgan fingerprint density at radius 1 is 1.12 bits per heavy atom. The summed E-state index contributed by atoms with van der Waals surface area (Å²) in [7, 11) is 0. The normalized spacial score (nSPS) is 32.5. The third-order valence-electron chi connectivity index (χ3n) is 8.64. The van der Waals surface area contributed by atoms with Crippen molar-refractivity contribution in [3.8, 4) is 5.75 Å². The lowest BCUT2D eigenvalue weighted by molar-refractivity contribution is -0.153. The van der Waals surface area contributed by atoms with E-state index in [0.29, 0.717) is 18.0 Å². The van der Waals surface area contributed by atoms with Crippen LogP contribution in [-0.4, -0.2) is 43.6 Å². The lowest BCUT2D eigenvalue weighted by atomic mass is 9.48. The minimum atomic E-state index is -0.587. The van der Waals surface area contributed by atoms with E-state index in [9.17, 15) is 14.4 Å². The molecule has 2 atom stereocenters. The zero-order chi connectivity index (χ0) is 23.9. The van der Waals surface area contributed by atoms with Crippen LogP contribution in [0.3, 0.4) is 0 Å². The Morgan fingerprint density at radius 3 is 2.41 bits per heavy atom. The van der Waals surface area contributed by atoms with Gasteiger partial charge in [-0.05, 0) is 87.7 Å². The molecule has 1 N–H and O–H groups in total. The molecule has 4 aliphatic carbocycles. The second-order valence-corrected chi connectivity index (χ2v) is 11.0. The van der Waals surface area contributed by atoms with E-state index in [2.05, 4.69) is 12.2 Å². The smallest absolute Gasteiger partial charge is 0.311 e. The van der Waals surface area contributed by atoms with Crippen molar-refractivity contribution in [2.24, 2.45) is 29.1 Å². The molecule has 34 heavy (non-hydrogen) atoms. The van der Waals surface area contributed by atoms with Gasteiger partial charge in [-0.2, -0.15) is 0 Å². The molecule has 4 saturated carbocycles. The second kappa shape index (κ2) is 9.23. The number of carbonyl (C=O) groups excluding carboxylic acids is 3. The molecule has 2 amide bonds. The van der Waals surface area contributed by atoms with Gasteiger partial charge in [-0.3, -0.25) is 14.4 Å². The Labute approximate surface area is 201 Å². The third kappa shape index (κ3) is 4.41. The maximum Gasteiger partial charge on any atom is 0.311 e. The van der Waals surface area contributed by atoms with Crippen LogP contribution in [0.15, 0.2) is 24.3 Å². The summed E-state index contributed by atoms with van der Waals surface area (Å²) >= 11 is 0. The largest absolute Gasteiger partial charge is 0.492 e. The quantitative estimate of drug-likeness (QED) is 0.588. The van der Waals surface area contributed by atoms with Crippen LogP contribution in [0.1, 0.15) is 58.8 Å². The number of amides is 2. The summed E-state index contributed by atoms with van der Waals surface area (Å²) in [6.07, 6.45) is 7.80. The fraction of sp³-hybridized carbons (Fsp3) is 0.667. The molecule has 0 unspecified atom stereocenters. The highest BCUT2D eigenvalue weighted by atomic mass is 16.5. The molecule has 0 aromatic heterocycles. The molecule has 1 aromatic carbocycles. The number of esters is 1. The molecule has 184 valence electrons. The lowest BCUT2D eigenvalue weighted by Gasteiger charge is -2.59. The van der Waals surface area contributed by atoms with E-state index in [1.807, 2.05) is 31.2 Å². The minimum absolute atomic E-state index is 0.0740. The van der Waals surface area contributed by atoms with Crippen molar-refractivity contribution in [2.45, 2.75) is 64.8 Å². The first-order chi connectivity index (χ1) is 16.4. The molecular formula is C27H36N2O5. The molecule has 1 aliphatic heterocycles. The van der Waals surface area contributed by atoms with Crippen molar-refractivity contribution in [3.63, 3.8) is 0 Å². The van der Waals surface area contributed by atoms with Crippen LogP contribution >= 0.6 is 0 Å². The predicted octanol–water partition coefficient (Wildman–Crippen LogP) is 3.70. The zero-order valence-electron chi connectivity index (χ0n) is 20.3. The molecule has 1 aromatic rings. The van der Waals surface area contributed by atoms with Gasteiger partial charge in [0.1, 0.15) is 5.75 Å². The summed E-state index contributed by atoms with van der Waals surface area (Å²) in [5, 5.41) is 3.14. The molecule has 5 aliphatic rings. The average molecular weight is 469 g/mol. The van der Waals surface area contributed by atoms with E-state index >= 15 is 0 Å². The number of nitrogens with one attached hydrogen (secondary N) is 1. The number of hydrogen-bond acceptors (Lipinski definition) is 5. The summed E-state index contributed by atoms with van der Waals surface area (Å²) in [6.45, 7) is 4.43. The fourth-order valence-corrected chi connectivity index (χ4v) is 7.45. The van der Waals surface area contributed by atoms with Gasteiger partial charge in [0.15, 0.2) is 6.61 Å². The van der Waals surface area contributed by atoms with Crippen LogP contribution in [0.25, 0.3) is 0 Å². The third-order valence-corrected chi connectivity index (χ3v) is 8.64. The molecule has 4 bridgehead atoms. The van der Waals surface area contributed by atoms with Gasteiger partial charge in [-0.25, -0.2) is 0 Å². The van der Waals surface area contributed by atoms with Crippen LogP contribution in [-0.2, 0) is 19.1 Å². The monoisotopic (exact) mass is 468 g/mol. The van der Waals surface area contributed by atoms with Gasteiger partial charge in [0.2, 0.25) is 5.91 Å². The van der Waals surface area contributed by atoms with E-state index in [1.54, 1.807) is 4.90 Å². The zero-order valence-corrected chi connectivity index (χ0v) is 20.3. The minimum Gasteiger partial charge on any atom is -0.492 e. The van der Waals surface area contributed by atoms with Gasteiger partial charge in [-0.15, -0.1) is 0 Å². The van der Waals surface area contributed by atoms with Crippen LogP contribution in [0.5, 0.6) is 5.75 Å². The van der Waals surface area contributed by atoms with Crippen molar-refractivity contribution in [1.29, 1.82) is 0 Å². The number of nitrogens with zero attached hydrogens (tertiary/aromatic N) is 1. The van der Waals surface area contributed by atoms with Crippen LogP contribution < -0.4 is 15.0 Å². The first-order valence-corrected chi connectivity index (χ1v) is 12.8. The predicted molar refractivity (Wildman–Crippen MR) is 127 cm³/mol. The molecule has 0 spiro atoms. The molecule has 1 saturated heterocycles. The Morgan fingerprint density at radius 2 is 1.76 bits per heavy atom. The molecule has 5 fully saturated rings. The molecule has 6 rings (SSSR count). The summed E-state index contributed by atoms with van der Waals surface area (Å²) in [5.41, 5.74) is 0.868. The van der Waals surface area contributed by atoms with E-state index in [1.165, 1.54) is 38.5 Å². The van der Waals surface area contributed by atoms with Crippen LogP contribution in [0.2, 0.25) is 0 Å². The maximum absolute atomic E-state index is 12.7. The number of anilines is 1. The number of para-hydroxylation sites is 2. The van der Waals surface area contributed by atoms with E-state index in [-0.39, 0.29) is 42.8 Å². The SMILES string of the molecule is CCOc1ccccc1N1C[C@@H](C(=O)OCC(=O)N[C@@H](C)C23CC4CC(CC(C4)C2)C3)CC1=O. The number of hydrogen-bond donors (Lipinski definition) is 1. The highest BCUT2D eigenvalue weighted by Crippen LogP contribution is 2.61. The van der Waals surface area contributed by atoms with Crippen molar-refractivity contribution < 1.29 is 23.9 Å². The van der Waals surface area contributed by atoms with Crippen LogP contribution in [0.4, 0.5) is 5.69 Å². The Bertz CT molecular complexity index is 925. The van der Waals surface area contributed by atoms with Crippen LogP contribution in [0, 0.1) is 29.1 Å². The Kier molecular flexibility index (Phi) is 6.30. The number of ether oxygens (including phenoxy) is 2. The van der Waals surface area contributed by atoms with Crippen molar-refractivity contribution >= 4 is 23.5 Å². The van der Waals surface area contributed by atoms with E-state index in [0.717, 1.165) is 17.8 Å². The van der Waals surface area contributed by atoms with E-state index in [4.69, 9.17) is 9.47 Å². The van der Waals surface area contributed by atoms with Gasteiger partial charge in [-0.1, -0.05) is 12.1 Å². The number of benzene rings is 1. The number of carbonyl (C=O) groups is 3. The standard InChI is InChI=1S/C27H36N2O5/c1-3-33-23-7-5-4-6-22(23)29-15-21(11-25(29)31)26(32)34-16-24(30)28-17(2)27-12-18-8-19(13-27)10-20(9-18)14-27/h4-7,17-21H,3,8-16H2,1-2H3,(H,28,30)/t17-,18?,19?,20?,21-,27?/m0/s1. The van der Waals surface area contributed by atoms with Gasteiger partial charge in [0.25, 0.3) is 5.91 Å².